The summed E-state index contributed by atoms with van der Waals surface area (Å²) in [6.45, 7) is 5.31. The Morgan fingerprint density at radius 2 is 1.86 bits per heavy atom. The van der Waals surface area contributed by atoms with Gasteiger partial charge >= 0.3 is 0 Å². The van der Waals surface area contributed by atoms with Crippen LogP contribution in [0.4, 0.5) is 0 Å². The number of rotatable bonds is 10. The fraction of sp³-hybridized carbons (Fsp3) is 0.714. The van der Waals surface area contributed by atoms with Crippen molar-refractivity contribution in [1.29, 1.82) is 0 Å². The van der Waals surface area contributed by atoms with Crippen LogP contribution in [0.15, 0.2) is 22.8 Å². The van der Waals surface area contributed by atoms with Crippen molar-refractivity contribution in [3.05, 3.63) is 24.2 Å². The summed E-state index contributed by atoms with van der Waals surface area (Å²) in [5.41, 5.74) is 0. The first-order valence-corrected chi connectivity index (χ1v) is 8.81. The van der Waals surface area contributed by atoms with Gasteiger partial charge in [0.15, 0.2) is 0 Å². The Hall–Kier alpha value is -0.890. The number of hydrogen-bond acceptors (Lipinski definition) is 4. The highest BCUT2D eigenvalue weighted by Crippen LogP contribution is 2.18. The zero-order valence-corrected chi connectivity index (χ0v) is 14.2. The summed E-state index contributed by atoms with van der Waals surface area (Å²) in [7, 11) is 0.349. The molecule has 0 fully saturated rings. The highest BCUT2D eigenvalue weighted by Gasteiger charge is 2.24. The SMILES string of the molecule is CCCN(CCC)S(=O)(=O)NC[C@@H](c1ccco1)N(C)C. The van der Waals surface area contributed by atoms with Crippen LogP contribution in [0.3, 0.4) is 0 Å². The maximum absolute atomic E-state index is 12.4. The zero-order chi connectivity index (χ0) is 15.9. The molecule has 0 saturated carbocycles. The van der Waals surface area contributed by atoms with Gasteiger partial charge in [0, 0.05) is 19.6 Å². The van der Waals surface area contributed by atoms with Crippen molar-refractivity contribution < 1.29 is 12.8 Å². The van der Waals surface area contributed by atoms with Gasteiger partial charge in [-0.05, 0) is 39.1 Å². The average Bonchev–Trinajstić information content (AvgIpc) is 2.92. The van der Waals surface area contributed by atoms with Crippen LogP contribution < -0.4 is 4.72 Å². The van der Waals surface area contributed by atoms with Crippen molar-refractivity contribution in [3.8, 4) is 0 Å². The Labute approximate surface area is 128 Å². The van der Waals surface area contributed by atoms with E-state index in [2.05, 4.69) is 4.72 Å². The predicted octanol–water partition coefficient (Wildman–Crippen LogP) is 1.84. The molecule has 0 spiro atoms. The average molecular weight is 317 g/mol. The third-order valence-corrected chi connectivity index (χ3v) is 4.82. The van der Waals surface area contributed by atoms with E-state index in [4.69, 9.17) is 4.42 Å². The van der Waals surface area contributed by atoms with Gasteiger partial charge < -0.3 is 4.42 Å². The van der Waals surface area contributed by atoms with Crippen LogP contribution in [0.1, 0.15) is 38.5 Å². The van der Waals surface area contributed by atoms with Crippen molar-refractivity contribution in [2.75, 3.05) is 33.7 Å². The normalized spacial score (nSPS) is 14.0. The summed E-state index contributed by atoms with van der Waals surface area (Å²) >= 11 is 0. The molecule has 1 heterocycles. The number of hydrogen-bond donors (Lipinski definition) is 1. The van der Waals surface area contributed by atoms with Crippen molar-refractivity contribution in [2.45, 2.75) is 32.7 Å². The van der Waals surface area contributed by atoms with Gasteiger partial charge in [-0.1, -0.05) is 13.8 Å². The summed E-state index contributed by atoms with van der Waals surface area (Å²) in [4.78, 5) is 1.94. The second-order valence-corrected chi connectivity index (χ2v) is 7.00. The minimum atomic E-state index is -3.45. The number of likely N-dealkylation sites (N-methyl/N-ethyl adjacent to an activating group) is 1. The Morgan fingerprint density at radius 1 is 1.24 bits per heavy atom. The van der Waals surface area contributed by atoms with Gasteiger partial charge in [0.25, 0.3) is 10.2 Å². The van der Waals surface area contributed by atoms with Gasteiger partial charge in [-0.2, -0.15) is 12.7 Å². The molecule has 0 aliphatic heterocycles. The first-order valence-electron chi connectivity index (χ1n) is 7.36. The fourth-order valence-corrected chi connectivity index (χ4v) is 3.54. The van der Waals surface area contributed by atoms with Crippen molar-refractivity contribution in [2.24, 2.45) is 0 Å². The van der Waals surface area contributed by atoms with Gasteiger partial charge in [0.2, 0.25) is 0 Å². The van der Waals surface area contributed by atoms with Gasteiger partial charge in [0.05, 0.1) is 12.3 Å². The first-order chi connectivity index (χ1) is 9.92. The lowest BCUT2D eigenvalue weighted by atomic mass is 10.2. The topological polar surface area (TPSA) is 65.8 Å². The highest BCUT2D eigenvalue weighted by atomic mass is 32.2. The zero-order valence-electron chi connectivity index (χ0n) is 13.4. The number of nitrogens with zero attached hydrogens (tertiary/aromatic N) is 2. The molecule has 0 radical (unpaired) electrons. The molecule has 0 saturated heterocycles. The van der Waals surface area contributed by atoms with Crippen molar-refractivity contribution >= 4 is 10.2 Å². The fourth-order valence-electron chi connectivity index (χ4n) is 2.15. The molecule has 0 aliphatic rings. The molecule has 0 amide bonds. The lowest BCUT2D eigenvalue weighted by Gasteiger charge is -2.26. The smallest absolute Gasteiger partial charge is 0.279 e. The monoisotopic (exact) mass is 317 g/mol. The molecule has 1 atom stereocenters. The Bertz CT molecular complexity index is 480. The molecule has 7 heteroatoms. The van der Waals surface area contributed by atoms with Crippen LogP contribution in [0, 0.1) is 0 Å². The van der Waals surface area contributed by atoms with Gasteiger partial charge in [-0.25, -0.2) is 4.72 Å². The molecular weight excluding hydrogens is 290 g/mol. The molecular formula is C14H27N3O3S. The van der Waals surface area contributed by atoms with Crippen LogP contribution in [-0.4, -0.2) is 51.4 Å². The second kappa shape index (κ2) is 8.53. The van der Waals surface area contributed by atoms with E-state index in [0.717, 1.165) is 18.6 Å². The van der Waals surface area contributed by atoms with E-state index in [1.54, 1.807) is 12.3 Å². The molecule has 1 aromatic heterocycles. The third-order valence-electron chi connectivity index (χ3n) is 3.24. The molecule has 0 bridgehead atoms. The minimum Gasteiger partial charge on any atom is -0.468 e. The molecule has 0 unspecified atom stereocenters. The number of nitrogens with one attached hydrogen (secondary N) is 1. The van der Waals surface area contributed by atoms with Gasteiger partial charge in [-0.15, -0.1) is 0 Å². The van der Waals surface area contributed by atoms with Crippen molar-refractivity contribution in [1.82, 2.24) is 13.9 Å². The molecule has 122 valence electrons. The van der Waals surface area contributed by atoms with Crippen LogP contribution in [-0.2, 0) is 10.2 Å². The molecule has 0 aromatic carbocycles. The van der Waals surface area contributed by atoms with Crippen LogP contribution in [0.2, 0.25) is 0 Å². The van der Waals surface area contributed by atoms with E-state index in [1.807, 2.05) is 38.9 Å². The Balaban J connectivity index is 2.73. The minimum absolute atomic E-state index is 0.125. The van der Waals surface area contributed by atoms with E-state index in [1.165, 1.54) is 4.31 Å². The van der Waals surface area contributed by atoms with E-state index in [0.29, 0.717) is 13.1 Å². The largest absolute Gasteiger partial charge is 0.468 e. The van der Waals surface area contributed by atoms with E-state index >= 15 is 0 Å². The lowest BCUT2D eigenvalue weighted by Crippen LogP contribution is -2.44. The lowest BCUT2D eigenvalue weighted by molar-refractivity contribution is 0.257. The summed E-state index contributed by atoms with van der Waals surface area (Å²) < 4.78 is 34.3. The first kappa shape index (κ1) is 18.2. The third kappa shape index (κ3) is 5.43. The summed E-state index contributed by atoms with van der Waals surface area (Å²) in [5, 5.41) is 0. The van der Waals surface area contributed by atoms with Gasteiger partial charge in [0.1, 0.15) is 5.76 Å². The maximum Gasteiger partial charge on any atom is 0.279 e. The second-order valence-electron chi connectivity index (χ2n) is 5.25. The van der Waals surface area contributed by atoms with Crippen molar-refractivity contribution in [3.63, 3.8) is 0 Å². The molecule has 6 nitrogen and oxygen atoms in total. The summed E-state index contributed by atoms with van der Waals surface area (Å²) in [5.74, 6) is 0.750. The molecule has 0 aliphatic carbocycles. The quantitative estimate of drug-likeness (QED) is 0.715. The Kier molecular flexibility index (Phi) is 7.37. The van der Waals surface area contributed by atoms with Gasteiger partial charge in [-0.3, -0.25) is 4.90 Å². The Morgan fingerprint density at radius 3 is 2.29 bits per heavy atom. The molecule has 1 N–H and O–H groups in total. The highest BCUT2D eigenvalue weighted by molar-refractivity contribution is 7.87. The van der Waals surface area contributed by atoms with Crippen LogP contribution >= 0.6 is 0 Å². The standard InChI is InChI=1S/C14H27N3O3S/c1-5-9-17(10-6-2)21(18,19)15-12-13(16(3)4)14-8-7-11-20-14/h7-8,11,13,15H,5-6,9-10,12H2,1-4H3/t13-/m0/s1. The van der Waals surface area contributed by atoms with E-state index in [-0.39, 0.29) is 12.6 Å². The van der Waals surface area contributed by atoms with E-state index < -0.39 is 10.2 Å². The molecule has 21 heavy (non-hydrogen) atoms. The summed E-state index contributed by atoms with van der Waals surface area (Å²) in [6.07, 6.45) is 3.20. The number of furan rings is 1. The van der Waals surface area contributed by atoms with Crippen LogP contribution in [0.5, 0.6) is 0 Å². The maximum atomic E-state index is 12.4. The van der Waals surface area contributed by atoms with Crippen LogP contribution in [0.25, 0.3) is 0 Å². The predicted molar refractivity (Wildman–Crippen MR) is 84.2 cm³/mol. The molecule has 1 rings (SSSR count). The van der Waals surface area contributed by atoms with E-state index in [9.17, 15) is 8.42 Å². The molecule has 1 aromatic rings. The summed E-state index contributed by atoms with van der Waals surface area (Å²) in [6, 6.07) is 3.54.